The third kappa shape index (κ3) is 3.49. The number of aromatic nitrogens is 2. The van der Waals surface area contributed by atoms with E-state index in [-0.39, 0.29) is 17.8 Å². The lowest BCUT2D eigenvalue weighted by Crippen LogP contribution is -2.32. The summed E-state index contributed by atoms with van der Waals surface area (Å²) in [6.45, 7) is 2.16. The molecule has 1 aliphatic rings. The van der Waals surface area contributed by atoms with Gasteiger partial charge in [0.2, 0.25) is 0 Å². The number of halogens is 1. The highest BCUT2D eigenvalue weighted by Gasteiger charge is 2.33. The molecule has 0 saturated heterocycles. The predicted octanol–water partition coefficient (Wildman–Crippen LogP) is 3.99. The minimum Gasteiger partial charge on any atom is -0.334 e. The minimum atomic E-state index is -0.287. The molecule has 132 valence electrons. The Balaban J connectivity index is 1.54. The largest absolute Gasteiger partial charge is 0.334 e. The van der Waals surface area contributed by atoms with Gasteiger partial charge >= 0.3 is 0 Å². The van der Waals surface area contributed by atoms with E-state index in [2.05, 4.69) is 10.1 Å². The van der Waals surface area contributed by atoms with Gasteiger partial charge in [-0.05, 0) is 61.7 Å². The third-order valence-electron chi connectivity index (χ3n) is 4.40. The first-order valence-corrected chi connectivity index (χ1v) is 8.56. The van der Waals surface area contributed by atoms with Crippen LogP contribution in [0.1, 0.15) is 34.6 Å². The summed E-state index contributed by atoms with van der Waals surface area (Å²) in [5.74, 6) is 0.658. The first kappa shape index (κ1) is 16.4. The topological polar surface area (TPSA) is 59.2 Å². The fraction of sp³-hybridized carbons (Fsp3) is 0.250. The second-order valence-corrected chi connectivity index (χ2v) is 6.52. The number of amides is 1. The molecular weight excluding hydrogens is 333 g/mol. The van der Waals surface area contributed by atoms with Crippen molar-refractivity contribution in [1.29, 1.82) is 0 Å². The molecule has 0 bridgehead atoms. The summed E-state index contributed by atoms with van der Waals surface area (Å²) in [5.41, 5.74) is 2.15. The Morgan fingerprint density at radius 2 is 2.00 bits per heavy atom. The van der Waals surface area contributed by atoms with Crippen molar-refractivity contribution < 1.29 is 13.7 Å². The molecule has 1 aromatic heterocycles. The molecule has 1 fully saturated rings. The van der Waals surface area contributed by atoms with Crippen molar-refractivity contribution in [2.45, 2.75) is 32.4 Å². The lowest BCUT2D eigenvalue weighted by molar-refractivity contribution is 0.0729. The molecule has 0 spiro atoms. The number of carbonyl (C=O) groups excluding carboxylic acids is 1. The maximum absolute atomic E-state index is 13.4. The van der Waals surface area contributed by atoms with Gasteiger partial charge in [0.15, 0.2) is 5.82 Å². The van der Waals surface area contributed by atoms with Gasteiger partial charge in [0.1, 0.15) is 5.82 Å². The lowest BCUT2D eigenvalue weighted by Gasteiger charge is -2.23. The second-order valence-electron chi connectivity index (χ2n) is 6.52. The van der Waals surface area contributed by atoms with Crippen LogP contribution in [0.15, 0.2) is 53.1 Å². The van der Waals surface area contributed by atoms with E-state index in [1.54, 1.807) is 37.3 Å². The first-order chi connectivity index (χ1) is 12.6. The smallest absolute Gasteiger partial charge is 0.257 e. The molecule has 1 saturated carbocycles. The van der Waals surface area contributed by atoms with Crippen LogP contribution in [-0.4, -0.2) is 27.0 Å². The zero-order chi connectivity index (χ0) is 18.1. The highest BCUT2D eigenvalue weighted by atomic mass is 19.1. The molecule has 4 rings (SSSR count). The Labute approximate surface area is 150 Å². The van der Waals surface area contributed by atoms with E-state index in [0.717, 1.165) is 24.0 Å². The van der Waals surface area contributed by atoms with Gasteiger partial charge in [0.05, 0.1) is 0 Å². The van der Waals surface area contributed by atoms with Crippen LogP contribution in [0.2, 0.25) is 0 Å². The highest BCUT2D eigenvalue weighted by Crippen LogP contribution is 2.30. The fourth-order valence-corrected chi connectivity index (χ4v) is 2.92. The standard InChI is InChI=1S/C20H18FN3O2/c1-13-22-19(26-23-13)15-5-7-16(8-6-15)20(25)24(18-9-10-18)12-14-3-2-4-17(21)11-14/h2-8,11,18H,9-10,12H2,1H3. The Kier molecular flexibility index (Phi) is 4.24. The van der Waals surface area contributed by atoms with Crippen molar-refractivity contribution in [2.24, 2.45) is 0 Å². The number of benzene rings is 2. The first-order valence-electron chi connectivity index (χ1n) is 8.56. The molecule has 0 unspecified atom stereocenters. The summed E-state index contributed by atoms with van der Waals surface area (Å²) >= 11 is 0. The molecule has 1 aliphatic carbocycles. The van der Waals surface area contributed by atoms with E-state index in [4.69, 9.17) is 4.52 Å². The zero-order valence-electron chi connectivity index (χ0n) is 14.4. The number of nitrogens with zero attached hydrogens (tertiary/aromatic N) is 3. The molecular formula is C20H18FN3O2. The lowest BCUT2D eigenvalue weighted by atomic mass is 10.1. The van der Waals surface area contributed by atoms with E-state index < -0.39 is 0 Å². The van der Waals surface area contributed by atoms with Crippen LogP contribution in [0.5, 0.6) is 0 Å². The molecule has 5 nitrogen and oxygen atoms in total. The van der Waals surface area contributed by atoms with Crippen LogP contribution in [0, 0.1) is 12.7 Å². The number of carbonyl (C=O) groups is 1. The summed E-state index contributed by atoms with van der Waals surface area (Å²) in [6, 6.07) is 13.7. The number of rotatable bonds is 5. The molecule has 6 heteroatoms. The Morgan fingerprint density at radius 1 is 1.23 bits per heavy atom. The summed E-state index contributed by atoms with van der Waals surface area (Å²) in [4.78, 5) is 19.0. The van der Waals surface area contributed by atoms with E-state index in [1.807, 2.05) is 11.0 Å². The van der Waals surface area contributed by atoms with Gasteiger partial charge in [-0.2, -0.15) is 4.98 Å². The van der Waals surface area contributed by atoms with E-state index >= 15 is 0 Å². The van der Waals surface area contributed by atoms with Crippen molar-refractivity contribution in [3.8, 4) is 11.5 Å². The van der Waals surface area contributed by atoms with Gasteiger partial charge in [-0.3, -0.25) is 4.79 Å². The monoisotopic (exact) mass is 351 g/mol. The Bertz CT molecular complexity index is 932. The number of hydrogen-bond acceptors (Lipinski definition) is 4. The summed E-state index contributed by atoms with van der Waals surface area (Å²) < 4.78 is 18.6. The van der Waals surface area contributed by atoms with Gasteiger partial charge in [0.25, 0.3) is 11.8 Å². The van der Waals surface area contributed by atoms with Gasteiger partial charge in [0, 0.05) is 23.7 Å². The van der Waals surface area contributed by atoms with Crippen LogP contribution >= 0.6 is 0 Å². The highest BCUT2D eigenvalue weighted by molar-refractivity contribution is 5.95. The number of hydrogen-bond donors (Lipinski definition) is 0. The Morgan fingerprint density at radius 3 is 2.62 bits per heavy atom. The zero-order valence-corrected chi connectivity index (χ0v) is 14.4. The molecule has 2 aromatic carbocycles. The third-order valence-corrected chi connectivity index (χ3v) is 4.40. The second kappa shape index (κ2) is 6.71. The number of aryl methyl sites for hydroxylation is 1. The minimum absolute atomic E-state index is 0.0509. The van der Waals surface area contributed by atoms with Gasteiger partial charge in [-0.1, -0.05) is 17.3 Å². The van der Waals surface area contributed by atoms with Crippen molar-refractivity contribution in [3.05, 3.63) is 71.3 Å². The van der Waals surface area contributed by atoms with Crippen LogP contribution in [0.4, 0.5) is 4.39 Å². The van der Waals surface area contributed by atoms with Crippen molar-refractivity contribution >= 4 is 5.91 Å². The van der Waals surface area contributed by atoms with E-state index in [9.17, 15) is 9.18 Å². The van der Waals surface area contributed by atoms with E-state index in [0.29, 0.717) is 23.8 Å². The normalized spacial score (nSPS) is 13.6. The molecule has 0 radical (unpaired) electrons. The molecule has 0 N–H and O–H groups in total. The van der Waals surface area contributed by atoms with Crippen molar-refractivity contribution in [2.75, 3.05) is 0 Å². The quantitative estimate of drug-likeness (QED) is 0.697. The van der Waals surface area contributed by atoms with Crippen molar-refractivity contribution in [1.82, 2.24) is 15.0 Å². The maximum Gasteiger partial charge on any atom is 0.257 e. The van der Waals surface area contributed by atoms with Crippen LogP contribution < -0.4 is 0 Å². The molecule has 0 aliphatic heterocycles. The average molecular weight is 351 g/mol. The van der Waals surface area contributed by atoms with Crippen LogP contribution in [0.25, 0.3) is 11.5 Å². The van der Waals surface area contributed by atoms with Crippen molar-refractivity contribution in [3.63, 3.8) is 0 Å². The molecule has 0 atom stereocenters. The molecule has 1 amide bonds. The van der Waals surface area contributed by atoms with Gasteiger partial charge in [-0.25, -0.2) is 4.39 Å². The van der Waals surface area contributed by atoms with Gasteiger partial charge < -0.3 is 9.42 Å². The molecule has 3 aromatic rings. The maximum atomic E-state index is 13.4. The average Bonchev–Trinajstić information content (AvgIpc) is 3.40. The summed E-state index contributed by atoms with van der Waals surface area (Å²) in [6.07, 6.45) is 1.97. The van der Waals surface area contributed by atoms with Gasteiger partial charge in [-0.15, -0.1) is 0 Å². The Hall–Kier alpha value is -3.02. The molecule has 1 heterocycles. The summed E-state index contributed by atoms with van der Waals surface area (Å²) in [7, 11) is 0. The predicted molar refractivity (Wildman–Crippen MR) is 93.8 cm³/mol. The van der Waals surface area contributed by atoms with Crippen LogP contribution in [0.3, 0.4) is 0 Å². The fourth-order valence-electron chi connectivity index (χ4n) is 2.92. The SMILES string of the molecule is Cc1noc(-c2ccc(C(=O)N(Cc3cccc(F)c3)C3CC3)cc2)n1. The van der Waals surface area contributed by atoms with Crippen LogP contribution in [-0.2, 0) is 6.54 Å². The van der Waals surface area contributed by atoms with E-state index in [1.165, 1.54) is 12.1 Å². The molecule has 26 heavy (non-hydrogen) atoms. The summed E-state index contributed by atoms with van der Waals surface area (Å²) in [5, 5.41) is 3.77.